The van der Waals surface area contributed by atoms with Crippen LogP contribution in [0.25, 0.3) is 27.7 Å². The minimum Gasteiger partial charge on any atom is -0.490 e. The van der Waals surface area contributed by atoms with Gasteiger partial charge in [0, 0.05) is 11.1 Å². The SMILES string of the molecule is CCOC(=O)c1cc2cc(-c3ccc(C(C)(C)C)cc3)ccc2n1-c1ccc(OC2CCCC2)cc1. The fourth-order valence-electron chi connectivity index (χ4n) is 5.06. The maximum Gasteiger partial charge on any atom is 0.355 e. The van der Waals surface area contributed by atoms with Gasteiger partial charge < -0.3 is 14.0 Å². The molecule has 0 bridgehead atoms. The number of hydrogen-bond acceptors (Lipinski definition) is 3. The number of esters is 1. The van der Waals surface area contributed by atoms with Crippen LogP contribution in [0.15, 0.2) is 72.8 Å². The van der Waals surface area contributed by atoms with Gasteiger partial charge in [0.25, 0.3) is 0 Å². The van der Waals surface area contributed by atoms with E-state index in [1.807, 2.05) is 41.8 Å². The van der Waals surface area contributed by atoms with Crippen molar-refractivity contribution in [2.24, 2.45) is 0 Å². The van der Waals surface area contributed by atoms with E-state index in [0.717, 1.165) is 46.3 Å². The average molecular weight is 482 g/mol. The molecule has 4 nitrogen and oxygen atoms in total. The number of carbonyl (C=O) groups is 1. The zero-order valence-electron chi connectivity index (χ0n) is 21.7. The van der Waals surface area contributed by atoms with E-state index < -0.39 is 0 Å². The molecule has 0 spiro atoms. The van der Waals surface area contributed by atoms with Crippen molar-refractivity contribution in [2.75, 3.05) is 6.61 Å². The molecule has 0 unspecified atom stereocenters. The van der Waals surface area contributed by atoms with Crippen LogP contribution in [0.4, 0.5) is 0 Å². The Morgan fingerprint density at radius 1 is 0.889 bits per heavy atom. The highest BCUT2D eigenvalue weighted by Crippen LogP contribution is 2.32. The second-order valence-electron chi connectivity index (χ2n) is 10.7. The number of benzene rings is 3. The average Bonchev–Trinajstić information content (AvgIpc) is 3.52. The van der Waals surface area contributed by atoms with E-state index in [2.05, 4.69) is 63.2 Å². The predicted octanol–water partition coefficient (Wildman–Crippen LogP) is 8.09. The Bertz CT molecular complexity index is 1350. The summed E-state index contributed by atoms with van der Waals surface area (Å²) in [5, 5.41) is 1.00. The van der Waals surface area contributed by atoms with Crippen LogP contribution >= 0.6 is 0 Å². The molecule has 4 aromatic rings. The van der Waals surface area contributed by atoms with Gasteiger partial charge in [0.1, 0.15) is 11.4 Å². The molecule has 1 aliphatic rings. The molecule has 36 heavy (non-hydrogen) atoms. The van der Waals surface area contributed by atoms with Crippen molar-refractivity contribution in [3.8, 4) is 22.6 Å². The molecule has 0 atom stereocenters. The zero-order chi connectivity index (χ0) is 25.3. The van der Waals surface area contributed by atoms with E-state index in [-0.39, 0.29) is 11.4 Å². The highest BCUT2D eigenvalue weighted by Gasteiger charge is 2.20. The Labute approximate surface area is 213 Å². The van der Waals surface area contributed by atoms with Crippen molar-refractivity contribution in [1.82, 2.24) is 4.57 Å². The van der Waals surface area contributed by atoms with Crippen molar-refractivity contribution >= 4 is 16.9 Å². The largest absolute Gasteiger partial charge is 0.490 e. The Morgan fingerprint density at radius 2 is 1.56 bits per heavy atom. The highest BCUT2D eigenvalue weighted by molar-refractivity contribution is 5.98. The second-order valence-corrected chi connectivity index (χ2v) is 10.7. The molecule has 0 radical (unpaired) electrons. The van der Waals surface area contributed by atoms with Crippen molar-refractivity contribution < 1.29 is 14.3 Å². The molecule has 0 saturated heterocycles. The lowest BCUT2D eigenvalue weighted by Gasteiger charge is -2.19. The summed E-state index contributed by atoms with van der Waals surface area (Å²) < 4.78 is 13.5. The number of nitrogens with zero attached hydrogens (tertiary/aromatic N) is 1. The van der Waals surface area contributed by atoms with Crippen molar-refractivity contribution in [3.63, 3.8) is 0 Å². The number of fused-ring (bicyclic) bond motifs is 1. The van der Waals surface area contributed by atoms with E-state index in [0.29, 0.717) is 18.4 Å². The Balaban J connectivity index is 1.52. The molecule has 0 aliphatic heterocycles. The molecule has 0 N–H and O–H groups in total. The summed E-state index contributed by atoms with van der Waals surface area (Å²) in [7, 11) is 0. The summed E-state index contributed by atoms with van der Waals surface area (Å²) in [5.41, 5.74) is 6.11. The minimum atomic E-state index is -0.323. The Hall–Kier alpha value is -3.53. The third-order valence-corrected chi connectivity index (χ3v) is 7.07. The lowest BCUT2D eigenvalue weighted by molar-refractivity contribution is 0.0517. The Kier molecular flexibility index (Phi) is 6.61. The van der Waals surface area contributed by atoms with Crippen LogP contribution in [-0.2, 0) is 10.2 Å². The summed E-state index contributed by atoms with van der Waals surface area (Å²) in [4.78, 5) is 12.9. The molecule has 5 rings (SSSR count). The fraction of sp³-hybridized carbons (Fsp3) is 0.344. The first-order chi connectivity index (χ1) is 17.3. The smallest absolute Gasteiger partial charge is 0.355 e. The number of aromatic nitrogens is 1. The monoisotopic (exact) mass is 481 g/mol. The zero-order valence-corrected chi connectivity index (χ0v) is 21.7. The third-order valence-electron chi connectivity index (χ3n) is 7.07. The number of rotatable bonds is 6. The van der Waals surface area contributed by atoms with Crippen LogP contribution < -0.4 is 4.74 Å². The van der Waals surface area contributed by atoms with Gasteiger partial charge in [-0.2, -0.15) is 0 Å². The molecule has 1 aliphatic carbocycles. The molecular formula is C32H35NO3. The molecule has 0 amide bonds. The molecule has 1 fully saturated rings. The number of carbonyl (C=O) groups excluding carboxylic acids is 1. The first-order valence-corrected chi connectivity index (χ1v) is 13.0. The lowest BCUT2D eigenvalue weighted by atomic mass is 9.86. The molecular weight excluding hydrogens is 446 g/mol. The third kappa shape index (κ3) is 4.90. The van der Waals surface area contributed by atoms with Crippen LogP contribution in [0.3, 0.4) is 0 Å². The predicted molar refractivity (Wildman–Crippen MR) is 146 cm³/mol. The fourth-order valence-corrected chi connectivity index (χ4v) is 5.06. The minimum absolute atomic E-state index is 0.117. The molecule has 3 aromatic carbocycles. The second kappa shape index (κ2) is 9.85. The van der Waals surface area contributed by atoms with Gasteiger partial charge in [-0.25, -0.2) is 4.79 Å². The summed E-state index contributed by atoms with van der Waals surface area (Å²) >= 11 is 0. The van der Waals surface area contributed by atoms with Crippen LogP contribution in [-0.4, -0.2) is 23.2 Å². The van der Waals surface area contributed by atoms with E-state index in [9.17, 15) is 4.79 Å². The quantitative estimate of drug-likeness (QED) is 0.261. The van der Waals surface area contributed by atoms with Gasteiger partial charge in [0.05, 0.1) is 18.2 Å². The summed E-state index contributed by atoms with van der Waals surface area (Å²) in [6.45, 7) is 8.84. The number of ether oxygens (including phenoxy) is 2. The summed E-state index contributed by atoms with van der Waals surface area (Å²) in [6.07, 6.45) is 5.04. The first-order valence-electron chi connectivity index (χ1n) is 13.0. The van der Waals surface area contributed by atoms with Crippen LogP contribution in [0, 0.1) is 0 Å². The van der Waals surface area contributed by atoms with Gasteiger partial charge in [-0.1, -0.05) is 51.1 Å². The van der Waals surface area contributed by atoms with Crippen LogP contribution in [0.5, 0.6) is 5.75 Å². The lowest BCUT2D eigenvalue weighted by Crippen LogP contribution is -2.12. The highest BCUT2D eigenvalue weighted by atomic mass is 16.5. The normalized spacial score (nSPS) is 14.3. The van der Waals surface area contributed by atoms with Gasteiger partial charge in [0.15, 0.2) is 0 Å². The van der Waals surface area contributed by atoms with Crippen LogP contribution in [0.1, 0.15) is 69.4 Å². The first kappa shape index (κ1) is 24.2. The van der Waals surface area contributed by atoms with Gasteiger partial charge >= 0.3 is 5.97 Å². The van der Waals surface area contributed by atoms with E-state index in [1.54, 1.807) is 0 Å². The van der Waals surface area contributed by atoms with Crippen molar-refractivity contribution in [3.05, 3.63) is 84.1 Å². The van der Waals surface area contributed by atoms with E-state index >= 15 is 0 Å². The van der Waals surface area contributed by atoms with Gasteiger partial charge in [-0.15, -0.1) is 0 Å². The topological polar surface area (TPSA) is 40.5 Å². The van der Waals surface area contributed by atoms with Crippen molar-refractivity contribution in [2.45, 2.75) is 64.9 Å². The standard InChI is InChI=1S/C32H35NO3/c1-5-35-31(34)30-21-24-20-23(22-10-13-25(14-11-22)32(2,3)4)12-19-29(24)33(30)26-15-17-28(18-16-26)36-27-8-6-7-9-27/h10-21,27H,5-9H2,1-4H3. The molecule has 1 heterocycles. The van der Waals surface area contributed by atoms with E-state index in [4.69, 9.17) is 9.47 Å². The summed E-state index contributed by atoms with van der Waals surface area (Å²) in [5.74, 6) is 0.553. The Morgan fingerprint density at radius 3 is 2.19 bits per heavy atom. The maximum atomic E-state index is 12.9. The number of hydrogen-bond donors (Lipinski definition) is 0. The van der Waals surface area contributed by atoms with Crippen LogP contribution in [0.2, 0.25) is 0 Å². The maximum absolute atomic E-state index is 12.9. The van der Waals surface area contributed by atoms with Crippen molar-refractivity contribution in [1.29, 1.82) is 0 Å². The van der Waals surface area contributed by atoms with Gasteiger partial charge in [-0.05, 0) is 97.2 Å². The van der Waals surface area contributed by atoms with Gasteiger partial charge in [-0.3, -0.25) is 0 Å². The summed E-state index contributed by atoms with van der Waals surface area (Å²) in [6, 6.07) is 25.1. The molecule has 4 heteroatoms. The molecule has 186 valence electrons. The molecule has 1 saturated carbocycles. The van der Waals surface area contributed by atoms with Gasteiger partial charge in [0.2, 0.25) is 0 Å². The molecule has 1 aromatic heterocycles. The van der Waals surface area contributed by atoms with E-state index in [1.165, 1.54) is 18.4 Å².